The summed E-state index contributed by atoms with van der Waals surface area (Å²) < 4.78 is 6.22. The molecule has 1 aliphatic heterocycles. The molecule has 2 aromatic carbocycles. The molecule has 3 aromatic rings. The van der Waals surface area contributed by atoms with Crippen molar-refractivity contribution in [3.8, 4) is 22.5 Å². The minimum absolute atomic E-state index is 0.00678. The quantitative estimate of drug-likeness (QED) is 0.121. The summed E-state index contributed by atoms with van der Waals surface area (Å²) in [5.74, 6) is 0.00678. The van der Waals surface area contributed by atoms with Crippen molar-refractivity contribution < 1.29 is 52.1 Å². The molecule has 0 saturated carbocycles. The van der Waals surface area contributed by atoms with Crippen molar-refractivity contribution in [2.24, 2.45) is 0 Å². The van der Waals surface area contributed by atoms with E-state index < -0.39 is 42.5 Å². The zero-order chi connectivity index (χ0) is 30.0. The van der Waals surface area contributed by atoms with Crippen LogP contribution in [0.5, 0.6) is 0 Å². The van der Waals surface area contributed by atoms with E-state index in [1.807, 2.05) is 107 Å². The number of thioether (sulfide) groups is 1. The number of carbonyl (C=O) groups is 2. The average Bonchev–Trinajstić information content (AvgIpc) is 3.40. The number of alkyl halides is 2. The molecule has 11 heteroatoms. The van der Waals surface area contributed by atoms with Crippen LogP contribution >= 0.6 is 11.8 Å². The summed E-state index contributed by atoms with van der Waals surface area (Å²) >= 11 is -0.113. The standard InChI is InChI=1S/C32H28BI2N5O2S/c1-23-11-4-2-3-5-14-25(15-10-12-23)43-32(42)36-35-20-19-29(41)39-21-24-13-6-7-16-26(24)31-30(37-38-40(31)22-34-33)27-17-8-9-18-28(27)39/h2-18H,1,19-22H2,(H,36,42)/q-2/b3-2+,11-4?,12-10-,14-5-,25-15+. The first-order chi connectivity index (χ1) is 21.0. The van der Waals surface area contributed by atoms with E-state index in [1.54, 1.807) is 0 Å². The minimum atomic E-state index is -0.722. The number of rotatable bonds is 7. The van der Waals surface area contributed by atoms with Gasteiger partial charge in [0.15, 0.2) is 0 Å². The Bertz CT molecular complexity index is 1680. The number of carbonyl (C=O) groups excluding carboxylic acids is 2. The van der Waals surface area contributed by atoms with E-state index in [0.717, 1.165) is 56.0 Å². The van der Waals surface area contributed by atoms with Crippen molar-refractivity contribution in [2.75, 3.05) is 9.33 Å². The fourth-order valence-electron chi connectivity index (χ4n) is 4.58. The molecule has 0 bridgehead atoms. The third-order valence-electron chi connectivity index (χ3n) is 6.50. The van der Waals surface area contributed by atoms with Crippen LogP contribution in [-0.2, 0) is 15.9 Å². The van der Waals surface area contributed by atoms with Crippen LogP contribution < -0.4 is 50.9 Å². The predicted molar refractivity (Wildman–Crippen MR) is 167 cm³/mol. The number of para-hydroxylation sites is 1. The van der Waals surface area contributed by atoms with Crippen LogP contribution in [0.1, 0.15) is 12.0 Å². The molecule has 0 fully saturated rings. The molecule has 2 amide bonds. The second-order valence-corrected chi connectivity index (χ2v) is 14.4. The average molecular weight is 811 g/mol. The third-order valence-corrected chi connectivity index (χ3v) is 10.7. The molecule has 2 aliphatic rings. The van der Waals surface area contributed by atoms with Crippen molar-refractivity contribution in [1.29, 1.82) is 0 Å². The Kier molecular flexibility index (Phi) is 11.3. The van der Waals surface area contributed by atoms with Crippen LogP contribution in [0.4, 0.5) is 10.5 Å². The summed E-state index contributed by atoms with van der Waals surface area (Å²) in [6.07, 6.45) is 17.5. The van der Waals surface area contributed by atoms with E-state index in [0.29, 0.717) is 21.9 Å². The molecule has 2 heterocycles. The number of hydrogen-bond donors (Lipinski definition) is 1. The summed E-state index contributed by atoms with van der Waals surface area (Å²) in [6.45, 7) is 4.40. The molecule has 218 valence electrons. The molecule has 0 saturated heterocycles. The van der Waals surface area contributed by atoms with Crippen LogP contribution in [0.25, 0.3) is 22.5 Å². The van der Waals surface area contributed by atoms with Crippen LogP contribution in [-0.4, -0.2) is 36.3 Å². The second-order valence-electron chi connectivity index (χ2n) is 9.38. The number of anilines is 1. The van der Waals surface area contributed by atoms with Crippen LogP contribution in [0.15, 0.2) is 120 Å². The Balaban J connectivity index is 1.27. The van der Waals surface area contributed by atoms with Crippen molar-refractivity contribution in [3.05, 3.63) is 126 Å². The van der Waals surface area contributed by atoms with E-state index in [9.17, 15) is 9.59 Å². The first-order valence-corrected chi connectivity index (χ1v) is 19.6. The maximum absolute atomic E-state index is 13.7. The van der Waals surface area contributed by atoms with Gasteiger partial charge in [-0.3, -0.25) is 0 Å². The number of aromatic nitrogens is 3. The molecule has 7 nitrogen and oxygen atoms in total. The third kappa shape index (κ3) is 8.06. The van der Waals surface area contributed by atoms with E-state index in [2.05, 4.69) is 26.5 Å². The van der Waals surface area contributed by atoms with Gasteiger partial charge in [0.05, 0.1) is 0 Å². The summed E-state index contributed by atoms with van der Waals surface area (Å²) in [6, 6.07) is 15.9. The van der Waals surface area contributed by atoms with E-state index in [4.69, 9.17) is 5.70 Å². The fraction of sp³-hybridized carbons (Fsp3) is 0.125. The Morgan fingerprint density at radius 3 is 2.56 bits per heavy atom. The van der Waals surface area contributed by atoms with Gasteiger partial charge in [-0.1, -0.05) is 0 Å². The Hall–Kier alpha value is -3.17. The number of benzene rings is 2. The van der Waals surface area contributed by atoms with Gasteiger partial charge in [-0.2, -0.15) is 0 Å². The molecule has 5 rings (SSSR count). The number of nitrogens with zero attached hydrogens (tertiary/aromatic N) is 4. The van der Waals surface area contributed by atoms with E-state index >= 15 is 0 Å². The van der Waals surface area contributed by atoms with Crippen LogP contribution in [0.2, 0.25) is 0 Å². The monoisotopic (exact) mass is 811 g/mol. The normalized spacial score (nSPS) is 17.7. The van der Waals surface area contributed by atoms with Gasteiger partial charge >= 0.3 is 280 Å². The van der Waals surface area contributed by atoms with Crippen molar-refractivity contribution in [1.82, 2.24) is 18.5 Å². The van der Waals surface area contributed by atoms with Crippen LogP contribution in [0.3, 0.4) is 0 Å². The van der Waals surface area contributed by atoms with E-state index in [1.165, 1.54) is 0 Å². The maximum atomic E-state index is 13.7. The molecule has 1 aliphatic carbocycles. The molecule has 43 heavy (non-hydrogen) atoms. The number of nitrogens with one attached hydrogen (secondary N) is 1. The Labute approximate surface area is 278 Å². The van der Waals surface area contributed by atoms with Gasteiger partial charge in [-0.15, -0.1) is 0 Å². The van der Waals surface area contributed by atoms with Gasteiger partial charge in [-0.05, 0) is 0 Å². The zero-order valence-electron chi connectivity index (χ0n) is 23.2. The van der Waals surface area contributed by atoms with Gasteiger partial charge in [0.25, 0.3) is 0 Å². The Morgan fingerprint density at radius 1 is 0.977 bits per heavy atom. The number of amides is 2. The van der Waals surface area contributed by atoms with Gasteiger partial charge in [-0.25, -0.2) is 0 Å². The van der Waals surface area contributed by atoms with Crippen molar-refractivity contribution in [2.45, 2.75) is 17.5 Å². The van der Waals surface area contributed by atoms with Gasteiger partial charge in [0.1, 0.15) is 0 Å². The van der Waals surface area contributed by atoms with Crippen LogP contribution in [0, 0.1) is 0 Å². The summed E-state index contributed by atoms with van der Waals surface area (Å²) in [4.78, 5) is 29.1. The molecule has 0 atom stereocenters. The number of fused-ring (bicyclic) bond motifs is 5. The second kappa shape index (κ2) is 15.5. The molecule has 1 aromatic heterocycles. The first-order valence-electron chi connectivity index (χ1n) is 13.4. The summed E-state index contributed by atoms with van der Waals surface area (Å²) in [5, 5.41) is 8.86. The molecule has 1 N–H and O–H groups in total. The topological polar surface area (TPSA) is 80.1 Å². The summed E-state index contributed by atoms with van der Waals surface area (Å²) in [7, 11) is 0. The predicted octanol–water partition coefficient (Wildman–Crippen LogP) is 0.104. The number of allylic oxidation sites excluding steroid dienone is 10. The SMILES string of the molecule is [B][I-]Cn1nnc2c1-c1ccccc1CN(C(=O)CC[I-]NC(=O)SC1=C/C=C\C(=C)C=C/C=C/C=C\1)c1ccccc1-2. The molecular weight excluding hydrogens is 783 g/mol. The fourth-order valence-corrected chi connectivity index (χ4v) is 7.99. The van der Waals surface area contributed by atoms with Gasteiger partial charge in [0, 0.05) is 0 Å². The summed E-state index contributed by atoms with van der Waals surface area (Å²) in [5.41, 5.74) is 12.3. The van der Waals surface area contributed by atoms with Gasteiger partial charge in [0.2, 0.25) is 0 Å². The molecular formula is C32H28BI2N5O2S-2. The van der Waals surface area contributed by atoms with Gasteiger partial charge < -0.3 is 0 Å². The molecule has 0 unspecified atom stereocenters. The first kappa shape index (κ1) is 31.3. The number of halogens is 2. The number of hydrogen-bond acceptors (Lipinski definition) is 5. The van der Waals surface area contributed by atoms with Crippen molar-refractivity contribution >= 4 is 34.3 Å². The van der Waals surface area contributed by atoms with Crippen molar-refractivity contribution in [3.63, 3.8) is 0 Å². The molecule has 2 radical (unpaired) electrons. The zero-order valence-corrected chi connectivity index (χ0v) is 28.3. The molecule has 0 spiro atoms. The Morgan fingerprint density at radius 2 is 1.72 bits per heavy atom. The van der Waals surface area contributed by atoms with E-state index in [-0.39, 0.29) is 11.1 Å².